The van der Waals surface area contributed by atoms with Crippen molar-refractivity contribution in [3.8, 4) is 0 Å². The van der Waals surface area contributed by atoms with Crippen molar-refractivity contribution in [2.45, 2.75) is 38.8 Å². The van der Waals surface area contributed by atoms with Gasteiger partial charge in [-0.15, -0.1) is 0 Å². The molecule has 0 spiro atoms. The van der Waals surface area contributed by atoms with Gasteiger partial charge in [0.2, 0.25) is 5.91 Å². The Labute approximate surface area is 111 Å². The molecule has 2 atom stereocenters. The SMILES string of the molecule is CCCC(N)C(=O)NC(C)c1cccc(Br)c1. The Morgan fingerprint density at radius 3 is 2.82 bits per heavy atom. The first-order valence-electron chi connectivity index (χ1n) is 5.86. The lowest BCUT2D eigenvalue weighted by Crippen LogP contribution is -2.41. The molecule has 0 aliphatic rings. The van der Waals surface area contributed by atoms with E-state index in [2.05, 4.69) is 21.2 Å². The van der Waals surface area contributed by atoms with Crippen molar-refractivity contribution >= 4 is 21.8 Å². The Morgan fingerprint density at radius 2 is 2.24 bits per heavy atom. The second-order valence-corrected chi connectivity index (χ2v) is 5.10. The fraction of sp³-hybridized carbons (Fsp3) is 0.462. The zero-order valence-electron chi connectivity index (χ0n) is 10.2. The lowest BCUT2D eigenvalue weighted by molar-refractivity contribution is -0.123. The van der Waals surface area contributed by atoms with E-state index in [9.17, 15) is 4.79 Å². The fourth-order valence-corrected chi connectivity index (χ4v) is 2.04. The van der Waals surface area contributed by atoms with Crippen molar-refractivity contribution in [3.63, 3.8) is 0 Å². The Balaban J connectivity index is 2.60. The van der Waals surface area contributed by atoms with Crippen LogP contribution in [-0.4, -0.2) is 11.9 Å². The first-order valence-corrected chi connectivity index (χ1v) is 6.65. The van der Waals surface area contributed by atoms with Gasteiger partial charge in [-0.3, -0.25) is 4.79 Å². The summed E-state index contributed by atoms with van der Waals surface area (Å²) in [7, 11) is 0. The molecule has 0 fully saturated rings. The summed E-state index contributed by atoms with van der Waals surface area (Å²) in [6, 6.07) is 7.46. The summed E-state index contributed by atoms with van der Waals surface area (Å²) in [6.07, 6.45) is 1.64. The van der Waals surface area contributed by atoms with Gasteiger partial charge in [0, 0.05) is 4.47 Å². The zero-order valence-corrected chi connectivity index (χ0v) is 11.8. The molecule has 1 amide bonds. The first-order chi connectivity index (χ1) is 8.04. The number of nitrogens with two attached hydrogens (primary N) is 1. The molecular weight excluding hydrogens is 280 g/mol. The summed E-state index contributed by atoms with van der Waals surface area (Å²) < 4.78 is 1.01. The minimum absolute atomic E-state index is 0.0251. The number of nitrogens with one attached hydrogen (secondary N) is 1. The van der Waals surface area contributed by atoms with Crippen molar-refractivity contribution in [1.29, 1.82) is 0 Å². The molecule has 17 heavy (non-hydrogen) atoms. The van der Waals surface area contributed by atoms with Gasteiger partial charge in [0.25, 0.3) is 0 Å². The van der Waals surface area contributed by atoms with Gasteiger partial charge in [0.05, 0.1) is 12.1 Å². The normalized spacial score (nSPS) is 14.1. The highest BCUT2D eigenvalue weighted by atomic mass is 79.9. The van der Waals surface area contributed by atoms with Crippen LogP contribution in [0, 0.1) is 0 Å². The van der Waals surface area contributed by atoms with E-state index < -0.39 is 6.04 Å². The third-order valence-electron chi connectivity index (χ3n) is 2.64. The van der Waals surface area contributed by atoms with E-state index in [-0.39, 0.29) is 11.9 Å². The standard InChI is InChI=1S/C13H19BrN2O/c1-3-5-12(15)13(17)16-9(2)10-6-4-7-11(14)8-10/h4,6-9,12H,3,5,15H2,1-2H3,(H,16,17). The van der Waals surface area contributed by atoms with E-state index in [1.54, 1.807) is 0 Å². The van der Waals surface area contributed by atoms with Crippen LogP contribution in [-0.2, 0) is 4.79 Å². The number of rotatable bonds is 5. The summed E-state index contributed by atoms with van der Waals surface area (Å²) in [4.78, 5) is 11.8. The highest BCUT2D eigenvalue weighted by Crippen LogP contribution is 2.17. The Kier molecular flexibility index (Phi) is 5.65. The number of amides is 1. The van der Waals surface area contributed by atoms with E-state index in [0.717, 1.165) is 22.9 Å². The molecule has 94 valence electrons. The van der Waals surface area contributed by atoms with Gasteiger partial charge in [-0.25, -0.2) is 0 Å². The van der Waals surface area contributed by atoms with Crippen molar-refractivity contribution in [2.24, 2.45) is 5.73 Å². The number of carbonyl (C=O) groups is 1. The Morgan fingerprint density at radius 1 is 1.53 bits per heavy atom. The van der Waals surface area contributed by atoms with Crippen molar-refractivity contribution in [1.82, 2.24) is 5.32 Å². The largest absolute Gasteiger partial charge is 0.348 e. The molecule has 0 aliphatic carbocycles. The molecule has 0 aliphatic heterocycles. The maximum Gasteiger partial charge on any atom is 0.237 e. The molecule has 0 saturated carbocycles. The zero-order chi connectivity index (χ0) is 12.8. The summed E-state index contributed by atoms with van der Waals surface area (Å²) in [5.41, 5.74) is 6.83. The summed E-state index contributed by atoms with van der Waals surface area (Å²) in [5.74, 6) is -0.0840. The fourth-order valence-electron chi connectivity index (χ4n) is 1.62. The maximum absolute atomic E-state index is 11.8. The summed E-state index contributed by atoms with van der Waals surface area (Å²) >= 11 is 3.41. The average Bonchev–Trinajstić information content (AvgIpc) is 2.29. The first kappa shape index (κ1) is 14.2. The van der Waals surface area contributed by atoms with E-state index >= 15 is 0 Å². The molecule has 3 N–H and O–H groups in total. The Bertz CT molecular complexity index is 381. The minimum Gasteiger partial charge on any atom is -0.348 e. The number of benzene rings is 1. The predicted octanol–water partition coefficient (Wildman–Crippen LogP) is 2.75. The third kappa shape index (κ3) is 4.48. The predicted molar refractivity (Wildman–Crippen MR) is 73.6 cm³/mol. The van der Waals surface area contributed by atoms with Crippen LogP contribution in [0.4, 0.5) is 0 Å². The lowest BCUT2D eigenvalue weighted by Gasteiger charge is -2.17. The molecule has 0 heterocycles. The van der Waals surface area contributed by atoms with E-state index in [0.29, 0.717) is 0 Å². The second kappa shape index (κ2) is 6.77. The number of carbonyl (C=O) groups excluding carboxylic acids is 1. The molecular formula is C13H19BrN2O. The van der Waals surface area contributed by atoms with Gasteiger partial charge in [0.15, 0.2) is 0 Å². The van der Waals surface area contributed by atoms with Crippen molar-refractivity contribution < 1.29 is 4.79 Å². The van der Waals surface area contributed by atoms with Gasteiger partial charge in [-0.2, -0.15) is 0 Å². The van der Waals surface area contributed by atoms with Gasteiger partial charge in [-0.1, -0.05) is 41.4 Å². The quantitative estimate of drug-likeness (QED) is 0.878. The number of halogens is 1. The molecule has 2 unspecified atom stereocenters. The average molecular weight is 299 g/mol. The van der Waals surface area contributed by atoms with Crippen LogP contribution >= 0.6 is 15.9 Å². The van der Waals surface area contributed by atoms with Crippen LogP contribution in [0.15, 0.2) is 28.7 Å². The van der Waals surface area contributed by atoms with Crippen LogP contribution in [0.1, 0.15) is 38.3 Å². The minimum atomic E-state index is -0.408. The molecule has 1 aromatic carbocycles. The van der Waals surface area contributed by atoms with E-state index in [1.807, 2.05) is 38.1 Å². The van der Waals surface area contributed by atoms with Crippen molar-refractivity contribution in [2.75, 3.05) is 0 Å². The molecule has 1 rings (SSSR count). The van der Waals surface area contributed by atoms with E-state index in [1.165, 1.54) is 0 Å². The number of hydrogen-bond donors (Lipinski definition) is 2. The van der Waals surface area contributed by atoms with Crippen LogP contribution in [0.25, 0.3) is 0 Å². The highest BCUT2D eigenvalue weighted by molar-refractivity contribution is 9.10. The van der Waals surface area contributed by atoms with Crippen LogP contribution in [0.2, 0.25) is 0 Å². The lowest BCUT2D eigenvalue weighted by atomic mass is 10.1. The van der Waals surface area contributed by atoms with Crippen LogP contribution < -0.4 is 11.1 Å². The molecule has 3 nitrogen and oxygen atoms in total. The van der Waals surface area contributed by atoms with Gasteiger partial charge in [0.1, 0.15) is 0 Å². The molecule has 0 saturated heterocycles. The molecule has 0 bridgehead atoms. The second-order valence-electron chi connectivity index (χ2n) is 4.18. The molecule has 0 radical (unpaired) electrons. The molecule has 4 heteroatoms. The van der Waals surface area contributed by atoms with Crippen molar-refractivity contribution in [3.05, 3.63) is 34.3 Å². The van der Waals surface area contributed by atoms with Gasteiger partial charge >= 0.3 is 0 Å². The summed E-state index contributed by atoms with van der Waals surface area (Å²) in [6.45, 7) is 3.98. The monoisotopic (exact) mass is 298 g/mol. The maximum atomic E-state index is 11.8. The van der Waals surface area contributed by atoms with Crippen LogP contribution in [0.3, 0.4) is 0 Å². The van der Waals surface area contributed by atoms with Crippen LogP contribution in [0.5, 0.6) is 0 Å². The van der Waals surface area contributed by atoms with E-state index in [4.69, 9.17) is 5.73 Å². The molecule has 1 aromatic rings. The number of hydrogen-bond acceptors (Lipinski definition) is 2. The van der Waals surface area contributed by atoms with Gasteiger partial charge in [-0.05, 0) is 31.0 Å². The summed E-state index contributed by atoms with van der Waals surface area (Å²) in [5, 5.41) is 2.92. The smallest absolute Gasteiger partial charge is 0.237 e. The van der Waals surface area contributed by atoms with Gasteiger partial charge < -0.3 is 11.1 Å². The third-order valence-corrected chi connectivity index (χ3v) is 3.14. The highest BCUT2D eigenvalue weighted by Gasteiger charge is 2.15. The Hall–Kier alpha value is -0.870. The molecule has 0 aromatic heterocycles. The topological polar surface area (TPSA) is 55.1 Å².